The Balaban J connectivity index is 2.29. The van der Waals surface area contributed by atoms with E-state index in [1.807, 2.05) is 24.8 Å². The van der Waals surface area contributed by atoms with Gasteiger partial charge in [-0.05, 0) is 29.8 Å². The molecular weight excluding hydrogens is 306 g/mol. The van der Waals surface area contributed by atoms with Crippen LogP contribution >= 0.6 is 15.9 Å². The van der Waals surface area contributed by atoms with Crippen molar-refractivity contribution in [2.45, 2.75) is 19.9 Å². The van der Waals surface area contributed by atoms with Gasteiger partial charge in [-0.2, -0.15) is 0 Å². The Labute approximate surface area is 109 Å². The summed E-state index contributed by atoms with van der Waals surface area (Å²) in [4.78, 5) is 10.5. The molecule has 0 radical (unpaired) electrons. The first-order valence-corrected chi connectivity index (χ1v) is 7.97. The monoisotopic (exact) mass is 319 g/mol. The van der Waals surface area contributed by atoms with Crippen LogP contribution in [-0.4, -0.2) is 42.5 Å². The number of sulfone groups is 1. The highest BCUT2D eigenvalue weighted by Gasteiger charge is 2.29. The second-order valence-electron chi connectivity index (χ2n) is 4.25. The molecule has 0 N–H and O–H groups in total. The van der Waals surface area contributed by atoms with Gasteiger partial charge in [-0.25, -0.2) is 18.4 Å². The average Bonchev–Trinajstić information content (AvgIpc) is 2.13. The maximum atomic E-state index is 11.5. The fourth-order valence-corrected chi connectivity index (χ4v) is 4.02. The number of halogens is 1. The molecule has 5 nitrogen and oxygen atoms in total. The van der Waals surface area contributed by atoms with E-state index in [4.69, 9.17) is 0 Å². The lowest BCUT2D eigenvalue weighted by Crippen LogP contribution is -2.47. The molecule has 1 aromatic heterocycles. The highest BCUT2D eigenvalue weighted by Crippen LogP contribution is 2.22. The van der Waals surface area contributed by atoms with Crippen molar-refractivity contribution in [2.24, 2.45) is 0 Å². The van der Waals surface area contributed by atoms with Gasteiger partial charge in [0.1, 0.15) is 16.2 Å². The lowest BCUT2D eigenvalue weighted by molar-refractivity contribution is 0.566. The van der Waals surface area contributed by atoms with Gasteiger partial charge in [0.25, 0.3) is 0 Å². The van der Waals surface area contributed by atoms with E-state index in [-0.39, 0.29) is 17.5 Å². The van der Waals surface area contributed by atoms with Crippen molar-refractivity contribution in [2.75, 3.05) is 23.0 Å². The highest BCUT2D eigenvalue weighted by molar-refractivity contribution is 9.10. The minimum atomic E-state index is -2.89. The minimum absolute atomic E-state index is 0.0463. The quantitative estimate of drug-likeness (QED) is 0.727. The largest absolute Gasteiger partial charge is 0.352 e. The van der Waals surface area contributed by atoms with E-state index >= 15 is 0 Å². The van der Waals surface area contributed by atoms with Crippen LogP contribution < -0.4 is 4.90 Å². The van der Waals surface area contributed by atoms with Crippen molar-refractivity contribution < 1.29 is 8.42 Å². The molecule has 17 heavy (non-hydrogen) atoms. The molecule has 1 aromatic rings. The number of aromatic nitrogens is 2. The minimum Gasteiger partial charge on any atom is -0.352 e. The zero-order chi connectivity index (χ0) is 12.6. The smallest absolute Gasteiger partial charge is 0.154 e. The van der Waals surface area contributed by atoms with Crippen LogP contribution in [0.4, 0.5) is 5.82 Å². The summed E-state index contributed by atoms with van der Waals surface area (Å²) in [7, 11) is -2.89. The number of rotatable bonds is 1. The van der Waals surface area contributed by atoms with Gasteiger partial charge < -0.3 is 4.90 Å². The predicted molar refractivity (Wildman–Crippen MR) is 69.9 cm³/mol. The van der Waals surface area contributed by atoms with E-state index in [2.05, 4.69) is 25.9 Å². The predicted octanol–water partition coefficient (Wildman–Crippen LogP) is 1.17. The van der Waals surface area contributed by atoms with Gasteiger partial charge in [-0.1, -0.05) is 0 Å². The molecule has 94 valence electrons. The molecule has 1 aliphatic rings. The maximum absolute atomic E-state index is 11.5. The SMILES string of the molecule is Cc1nc(Br)cc(N2CCS(=O)(=O)CC2C)n1. The van der Waals surface area contributed by atoms with Crippen molar-refractivity contribution in [3.63, 3.8) is 0 Å². The molecule has 0 aliphatic carbocycles. The first-order valence-electron chi connectivity index (χ1n) is 5.36. The summed E-state index contributed by atoms with van der Waals surface area (Å²) in [6, 6.07) is 1.77. The lowest BCUT2D eigenvalue weighted by atomic mass is 10.3. The molecule has 1 atom stereocenters. The van der Waals surface area contributed by atoms with Gasteiger partial charge in [0.15, 0.2) is 9.84 Å². The van der Waals surface area contributed by atoms with Crippen LogP contribution in [0.15, 0.2) is 10.7 Å². The molecular formula is C10H14BrN3O2S. The van der Waals surface area contributed by atoms with E-state index in [0.717, 1.165) is 10.4 Å². The molecule has 1 saturated heterocycles. The Morgan fingerprint density at radius 2 is 2.18 bits per heavy atom. The molecule has 2 rings (SSSR count). The van der Waals surface area contributed by atoms with Crippen molar-refractivity contribution in [1.82, 2.24) is 9.97 Å². The molecule has 0 bridgehead atoms. The van der Waals surface area contributed by atoms with Gasteiger partial charge in [0, 0.05) is 18.7 Å². The molecule has 7 heteroatoms. The first kappa shape index (κ1) is 12.8. The summed E-state index contributed by atoms with van der Waals surface area (Å²) in [5, 5.41) is 0. The third kappa shape index (κ3) is 2.95. The third-order valence-electron chi connectivity index (χ3n) is 2.76. The fraction of sp³-hybridized carbons (Fsp3) is 0.600. The van der Waals surface area contributed by atoms with Gasteiger partial charge in [-0.15, -0.1) is 0 Å². The molecule has 2 heterocycles. The Morgan fingerprint density at radius 1 is 1.47 bits per heavy atom. The Kier molecular flexibility index (Phi) is 3.40. The van der Waals surface area contributed by atoms with Crippen molar-refractivity contribution in [1.29, 1.82) is 0 Å². The number of hydrogen-bond acceptors (Lipinski definition) is 5. The summed E-state index contributed by atoms with van der Waals surface area (Å²) in [6.07, 6.45) is 0. The molecule has 1 fully saturated rings. The van der Waals surface area contributed by atoms with Gasteiger partial charge in [0.05, 0.1) is 11.5 Å². The van der Waals surface area contributed by atoms with Crippen molar-refractivity contribution >= 4 is 31.6 Å². The number of aryl methyl sites for hydroxylation is 1. The first-order chi connectivity index (χ1) is 7.87. The maximum Gasteiger partial charge on any atom is 0.154 e. The molecule has 1 unspecified atom stereocenters. The molecule has 0 spiro atoms. The van der Waals surface area contributed by atoms with Gasteiger partial charge in [-0.3, -0.25) is 0 Å². The van der Waals surface area contributed by atoms with Gasteiger partial charge >= 0.3 is 0 Å². The lowest BCUT2D eigenvalue weighted by Gasteiger charge is -2.34. The topological polar surface area (TPSA) is 63.2 Å². The van der Waals surface area contributed by atoms with E-state index in [9.17, 15) is 8.42 Å². The molecule has 0 amide bonds. The standard InChI is InChI=1S/C10H14BrN3O2S/c1-7-6-17(15,16)4-3-14(7)10-5-9(11)12-8(2)13-10/h5,7H,3-4,6H2,1-2H3. The Bertz CT molecular complexity index is 512. The molecule has 0 saturated carbocycles. The summed E-state index contributed by atoms with van der Waals surface area (Å²) in [5.74, 6) is 1.84. The summed E-state index contributed by atoms with van der Waals surface area (Å²) >= 11 is 3.33. The molecule has 0 aromatic carbocycles. The van der Waals surface area contributed by atoms with Crippen LogP contribution in [0.5, 0.6) is 0 Å². The van der Waals surface area contributed by atoms with E-state index in [0.29, 0.717) is 12.4 Å². The Hall–Kier alpha value is -0.690. The van der Waals surface area contributed by atoms with Crippen molar-refractivity contribution in [3.8, 4) is 0 Å². The third-order valence-corrected chi connectivity index (χ3v) is 4.96. The summed E-state index contributed by atoms with van der Waals surface area (Å²) in [6.45, 7) is 4.22. The van der Waals surface area contributed by atoms with Crippen LogP contribution in [0.25, 0.3) is 0 Å². The van der Waals surface area contributed by atoms with Crippen LogP contribution in [0.3, 0.4) is 0 Å². The van der Waals surface area contributed by atoms with Crippen LogP contribution in [-0.2, 0) is 9.84 Å². The second-order valence-corrected chi connectivity index (χ2v) is 7.29. The summed E-state index contributed by atoms with van der Waals surface area (Å²) in [5.41, 5.74) is 0. The van der Waals surface area contributed by atoms with Gasteiger partial charge in [0.2, 0.25) is 0 Å². The van der Waals surface area contributed by atoms with Crippen LogP contribution in [0.1, 0.15) is 12.7 Å². The highest BCUT2D eigenvalue weighted by atomic mass is 79.9. The van der Waals surface area contributed by atoms with Crippen LogP contribution in [0.2, 0.25) is 0 Å². The zero-order valence-electron chi connectivity index (χ0n) is 9.72. The average molecular weight is 320 g/mol. The van der Waals surface area contributed by atoms with E-state index in [1.165, 1.54) is 0 Å². The second kappa shape index (κ2) is 4.53. The fourth-order valence-electron chi connectivity index (χ4n) is 2.00. The summed E-state index contributed by atoms with van der Waals surface area (Å²) < 4.78 is 23.7. The molecule has 1 aliphatic heterocycles. The number of hydrogen-bond donors (Lipinski definition) is 0. The van der Waals surface area contributed by atoms with E-state index < -0.39 is 9.84 Å². The zero-order valence-corrected chi connectivity index (χ0v) is 12.1. The Morgan fingerprint density at radius 3 is 2.76 bits per heavy atom. The van der Waals surface area contributed by atoms with E-state index in [1.54, 1.807) is 0 Å². The van der Waals surface area contributed by atoms with Crippen LogP contribution in [0, 0.1) is 6.92 Å². The normalized spacial score (nSPS) is 23.7. The van der Waals surface area contributed by atoms with Crippen molar-refractivity contribution in [3.05, 3.63) is 16.5 Å². The number of nitrogens with zero attached hydrogens (tertiary/aromatic N) is 3. The number of anilines is 1.